The molecule has 1 fully saturated rings. The third kappa shape index (κ3) is 3.86. The number of aromatic nitrogens is 1. The summed E-state index contributed by atoms with van der Waals surface area (Å²) in [6, 6.07) is 2.93. The molecule has 3 nitrogen and oxygen atoms in total. The zero-order chi connectivity index (χ0) is 12.1. The van der Waals surface area contributed by atoms with E-state index in [4.69, 9.17) is 0 Å². The van der Waals surface area contributed by atoms with Crippen molar-refractivity contribution < 1.29 is 0 Å². The molecule has 2 rings (SSSR count). The molecular formula is C14H25N3. The van der Waals surface area contributed by atoms with Crippen molar-refractivity contribution in [2.45, 2.75) is 38.3 Å². The van der Waals surface area contributed by atoms with Crippen LogP contribution in [0.15, 0.2) is 18.5 Å². The molecule has 1 aromatic rings. The van der Waals surface area contributed by atoms with E-state index in [0.717, 1.165) is 18.5 Å². The van der Waals surface area contributed by atoms with Gasteiger partial charge in [0.25, 0.3) is 0 Å². The van der Waals surface area contributed by atoms with Crippen molar-refractivity contribution in [3.8, 4) is 0 Å². The van der Waals surface area contributed by atoms with Crippen LogP contribution in [0.3, 0.4) is 0 Å². The summed E-state index contributed by atoms with van der Waals surface area (Å²) in [5, 5.41) is 3.40. The van der Waals surface area contributed by atoms with E-state index in [1.807, 2.05) is 6.20 Å². The van der Waals surface area contributed by atoms with Crippen molar-refractivity contribution in [2.75, 3.05) is 20.6 Å². The minimum Gasteiger partial charge on any atom is -0.367 e. The molecule has 0 amide bonds. The van der Waals surface area contributed by atoms with Crippen LogP contribution in [-0.4, -0.2) is 36.6 Å². The average molecular weight is 235 g/mol. The molecule has 1 heterocycles. The van der Waals surface area contributed by atoms with Crippen LogP contribution in [0.5, 0.6) is 0 Å². The molecule has 0 spiro atoms. The molecule has 0 unspecified atom stereocenters. The molecule has 1 saturated carbocycles. The number of H-pyrrole nitrogens is 1. The average Bonchev–Trinajstić information content (AvgIpc) is 2.82. The quantitative estimate of drug-likeness (QED) is 0.820. The predicted octanol–water partition coefficient (Wildman–Crippen LogP) is 2.22. The second-order valence-corrected chi connectivity index (χ2v) is 5.42. The summed E-state index contributed by atoms with van der Waals surface area (Å²) in [6.07, 6.45) is 9.54. The third-order valence-corrected chi connectivity index (χ3v) is 3.94. The lowest BCUT2D eigenvalue weighted by Gasteiger charge is -2.31. The first-order valence-electron chi connectivity index (χ1n) is 6.75. The predicted molar refractivity (Wildman–Crippen MR) is 71.9 cm³/mol. The van der Waals surface area contributed by atoms with E-state index in [1.165, 1.54) is 37.8 Å². The maximum absolute atomic E-state index is 3.40. The topological polar surface area (TPSA) is 31.1 Å². The fraction of sp³-hybridized carbons (Fsp3) is 0.714. The highest BCUT2D eigenvalue weighted by Crippen LogP contribution is 2.24. The van der Waals surface area contributed by atoms with Crippen molar-refractivity contribution in [3.05, 3.63) is 24.0 Å². The van der Waals surface area contributed by atoms with Crippen LogP contribution in [0, 0.1) is 5.92 Å². The highest BCUT2D eigenvalue weighted by atomic mass is 15.1. The van der Waals surface area contributed by atoms with Crippen molar-refractivity contribution in [1.82, 2.24) is 15.2 Å². The Bertz CT molecular complexity index is 299. The Morgan fingerprint density at radius 1 is 1.35 bits per heavy atom. The lowest BCUT2D eigenvalue weighted by atomic mass is 9.86. The number of rotatable bonds is 5. The van der Waals surface area contributed by atoms with Crippen molar-refractivity contribution in [1.29, 1.82) is 0 Å². The summed E-state index contributed by atoms with van der Waals surface area (Å²) in [4.78, 5) is 5.57. The van der Waals surface area contributed by atoms with Crippen molar-refractivity contribution in [3.63, 3.8) is 0 Å². The lowest BCUT2D eigenvalue weighted by molar-refractivity contribution is 0.211. The van der Waals surface area contributed by atoms with Crippen molar-refractivity contribution in [2.24, 2.45) is 5.92 Å². The van der Waals surface area contributed by atoms with Gasteiger partial charge in [0.15, 0.2) is 0 Å². The first-order valence-corrected chi connectivity index (χ1v) is 6.75. The maximum atomic E-state index is 3.40. The molecule has 0 atom stereocenters. The van der Waals surface area contributed by atoms with Crippen LogP contribution >= 0.6 is 0 Å². The molecule has 96 valence electrons. The van der Waals surface area contributed by atoms with E-state index in [0.29, 0.717) is 0 Å². The Morgan fingerprint density at radius 2 is 2.12 bits per heavy atom. The number of hydrogen-bond acceptors (Lipinski definition) is 2. The standard InChI is InChI=1S/C14H25N3/c1-15-14-5-3-12(4-6-14)10-17(2)11-13-7-8-16-9-13/h7-9,12,14-16H,3-6,10-11H2,1-2H3. The van der Waals surface area contributed by atoms with Gasteiger partial charge in [-0.2, -0.15) is 0 Å². The van der Waals surface area contributed by atoms with Crippen LogP contribution in [0.1, 0.15) is 31.2 Å². The number of hydrogen-bond donors (Lipinski definition) is 2. The van der Waals surface area contributed by atoms with Crippen LogP contribution in [0.25, 0.3) is 0 Å². The molecule has 1 aliphatic rings. The largest absolute Gasteiger partial charge is 0.367 e. The summed E-state index contributed by atoms with van der Waals surface area (Å²) in [6.45, 7) is 2.30. The lowest BCUT2D eigenvalue weighted by Crippen LogP contribution is -2.34. The number of aromatic amines is 1. The van der Waals surface area contributed by atoms with E-state index in [2.05, 4.69) is 41.6 Å². The minimum absolute atomic E-state index is 0.765. The summed E-state index contributed by atoms with van der Waals surface area (Å²) in [7, 11) is 4.32. The van der Waals surface area contributed by atoms with Gasteiger partial charge in [0.05, 0.1) is 0 Å². The molecule has 0 aromatic carbocycles. The molecule has 17 heavy (non-hydrogen) atoms. The Labute approximate surface area is 105 Å². The van der Waals surface area contributed by atoms with E-state index < -0.39 is 0 Å². The van der Waals surface area contributed by atoms with Crippen molar-refractivity contribution >= 4 is 0 Å². The highest BCUT2D eigenvalue weighted by Gasteiger charge is 2.20. The molecule has 1 aromatic heterocycles. The first kappa shape index (κ1) is 12.7. The smallest absolute Gasteiger partial charge is 0.0245 e. The molecule has 0 saturated heterocycles. The summed E-state index contributed by atoms with van der Waals surface area (Å²) < 4.78 is 0. The molecule has 0 bridgehead atoms. The maximum Gasteiger partial charge on any atom is 0.0245 e. The van der Waals surface area contributed by atoms with Gasteiger partial charge in [0.1, 0.15) is 0 Å². The molecular weight excluding hydrogens is 210 g/mol. The molecule has 0 aliphatic heterocycles. The molecule has 0 radical (unpaired) electrons. The van der Waals surface area contributed by atoms with Crippen LogP contribution in [0.2, 0.25) is 0 Å². The Kier molecular flexibility index (Phi) is 4.63. The monoisotopic (exact) mass is 235 g/mol. The third-order valence-electron chi connectivity index (χ3n) is 3.94. The first-order chi connectivity index (χ1) is 8.28. The number of nitrogens with one attached hydrogen (secondary N) is 2. The van der Waals surface area contributed by atoms with Gasteiger partial charge in [-0.3, -0.25) is 0 Å². The van der Waals surface area contributed by atoms with E-state index >= 15 is 0 Å². The minimum atomic E-state index is 0.765. The Balaban J connectivity index is 1.70. The van der Waals surface area contributed by atoms with Gasteiger partial charge in [-0.15, -0.1) is 0 Å². The fourth-order valence-corrected chi connectivity index (χ4v) is 2.91. The Morgan fingerprint density at radius 3 is 2.71 bits per heavy atom. The second kappa shape index (κ2) is 6.22. The number of nitrogens with zero attached hydrogens (tertiary/aromatic N) is 1. The summed E-state index contributed by atoms with van der Waals surface area (Å²) >= 11 is 0. The van der Waals surface area contributed by atoms with Crippen LogP contribution in [-0.2, 0) is 6.54 Å². The molecule has 1 aliphatic carbocycles. The van der Waals surface area contributed by atoms with Gasteiger partial charge in [-0.25, -0.2) is 0 Å². The van der Waals surface area contributed by atoms with Gasteiger partial charge in [0, 0.05) is 31.5 Å². The zero-order valence-corrected chi connectivity index (χ0v) is 11.1. The molecule has 2 N–H and O–H groups in total. The van der Waals surface area contributed by atoms with E-state index in [9.17, 15) is 0 Å². The van der Waals surface area contributed by atoms with Gasteiger partial charge in [-0.1, -0.05) is 0 Å². The van der Waals surface area contributed by atoms with Crippen LogP contribution in [0.4, 0.5) is 0 Å². The van der Waals surface area contributed by atoms with E-state index in [-0.39, 0.29) is 0 Å². The van der Waals surface area contributed by atoms with Gasteiger partial charge in [0.2, 0.25) is 0 Å². The Hall–Kier alpha value is -0.800. The zero-order valence-electron chi connectivity index (χ0n) is 11.1. The summed E-state index contributed by atoms with van der Waals surface area (Å²) in [5.74, 6) is 0.892. The van der Waals surface area contributed by atoms with Gasteiger partial charge >= 0.3 is 0 Å². The van der Waals surface area contributed by atoms with Crippen LogP contribution < -0.4 is 5.32 Å². The van der Waals surface area contributed by atoms with E-state index in [1.54, 1.807) is 0 Å². The fourth-order valence-electron chi connectivity index (χ4n) is 2.91. The molecule has 3 heteroatoms. The SMILES string of the molecule is CNC1CCC(CN(C)Cc2cc[nH]c2)CC1. The summed E-state index contributed by atoms with van der Waals surface area (Å²) in [5.41, 5.74) is 1.39. The van der Waals surface area contributed by atoms with Gasteiger partial charge in [-0.05, 0) is 57.3 Å². The van der Waals surface area contributed by atoms with Gasteiger partial charge < -0.3 is 15.2 Å². The normalized spacial score (nSPS) is 25.4. The highest BCUT2D eigenvalue weighted by molar-refractivity contribution is 5.07. The second-order valence-electron chi connectivity index (χ2n) is 5.42.